The molecule has 2 rings (SSSR count). The third-order valence-electron chi connectivity index (χ3n) is 2.06. The average Bonchev–Trinajstić information content (AvgIpc) is 2.30. The highest BCUT2D eigenvalue weighted by Crippen LogP contribution is 2.18. The van der Waals surface area contributed by atoms with E-state index in [1.165, 1.54) is 0 Å². The van der Waals surface area contributed by atoms with Crippen LogP contribution in [-0.2, 0) is 6.54 Å². The number of anilines is 1. The van der Waals surface area contributed by atoms with Crippen LogP contribution < -0.4 is 5.32 Å². The molecule has 0 aliphatic heterocycles. The summed E-state index contributed by atoms with van der Waals surface area (Å²) in [4.78, 5) is 8.00. The van der Waals surface area contributed by atoms with Gasteiger partial charge in [-0.25, -0.2) is 9.97 Å². The first kappa shape index (κ1) is 11.2. The molecule has 3 nitrogen and oxygen atoms in total. The Hall–Kier alpha value is -1.32. The van der Waals surface area contributed by atoms with E-state index in [1.807, 2.05) is 24.3 Å². The van der Waals surface area contributed by atoms with Gasteiger partial charge in [-0.2, -0.15) is 0 Å². The molecule has 0 amide bonds. The number of aromatic nitrogens is 2. The fourth-order valence-corrected chi connectivity index (χ4v) is 1.63. The van der Waals surface area contributed by atoms with Crippen molar-refractivity contribution in [2.45, 2.75) is 6.54 Å². The van der Waals surface area contributed by atoms with Crippen LogP contribution in [0, 0.1) is 0 Å². The van der Waals surface area contributed by atoms with Crippen molar-refractivity contribution in [2.24, 2.45) is 0 Å². The molecule has 0 saturated heterocycles. The van der Waals surface area contributed by atoms with E-state index in [1.54, 1.807) is 12.4 Å². The molecule has 1 aromatic heterocycles. The van der Waals surface area contributed by atoms with Gasteiger partial charge in [-0.15, -0.1) is 0 Å². The summed E-state index contributed by atoms with van der Waals surface area (Å²) in [6, 6.07) is 7.61. The molecule has 1 heterocycles. The summed E-state index contributed by atoms with van der Waals surface area (Å²) in [5.74, 6) is 0.559. The number of nitrogens with zero attached hydrogens (tertiary/aromatic N) is 2. The summed E-state index contributed by atoms with van der Waals surface area (Å²) in [7, 11) is 0. The van der Waals surface area contributed by atoms with E-state index in [9.17, 15) is 0 Å². The van der Waals surface area contributed by atoms with Gasteiger partial charge in [0.05, 0.1) is 0 Å². The molecule has 82 valence electrons. The lowest BCUT2D eigenvalue weighted by Gasteiger charge is -2.07. The maximum Gasteiger partial charge on any atom is 0.171 e. The van der Waals surface area contributed by atoms with Gasteiger partial charge >= 0.3 is 0 Å². The predicted octanol–water partition coefficient (Wildman–Crippen LogP) is 3.40. The van der Waals surface area contributed by atoms with E-state index in [0.29, 0.717) is 17.5 Å². The molecule has 0 spiro atoms. The lowest BCUT2D eigenvalue weighted by Crippen LogP contribution is -2.02. The second-order valence-corrected chi connectivity index (χ2v) is 3.91. The molecule has 0 atom stereocenters. The zero-order valence-corrected chi connectivity index (χ0v) is 9.83. The maximum absolute atomic E-state index is 6.02. The number of benzene rings is 1. The average molecular weight is 254 g/mol. The van der Waals surface area contributed by atoms with Gasteiger partial charge < -0.3 is 5.32 Å². The molecule has 0 bridgehead atoms. The van der Waals surface area contributed by atoms with E-state index in [-0.39, 0.29) is 0 Å². The Kier molecular flexibility index (Phi) is 3.59. The summed E-state index contributed by atoms with van der Waals surface area (Å²) >= 11 is 11.9. The van der Waals surface area contributed by atoms with Crippen LogP contribution in [0.3, 0.4) is 0 Å². The Morgan fingerprint density at radius 3 is 2.56 bits per heavy atom. The van der Waals surface area contributed by atoms with Gasteiger partial charge in [0.25, 0.3) is 0 Å². The minimum absolute atomic E-state index is 0.356. The molecular formula is C11H9Cl2N3. The van der Waals surface area contributed by atoms with E-state index >= 15 is 0 Å². The summed E-state index contributed by atoms with van der Waals surface area (Å²) in [5.41, 5.74) is 0.992. The van der Waals surface area contributed by atoms with Gasteiger partial charge in [0.2, 0.25) is 0 Å². The quantitative estimate of drug-likeness (QED) is 0.912. The highest BCUT2D eigenvalue weighted by molar-refractivity contribution is 6.32. The zero-order chi connectivity index (χ0) is 11.4. The van der Waals surface area contributed by atoms with E-state index in [4.69, 9.17) is 23.2 Å². The lowest BCUT2D eigenvalue weighted by atomic mass is 10.2. The van der Waals surface area contributed by atoms with Crippen molar-refractivity contribution in [1.82, 2.24) is 9.97 Å². The molecule has 0 saturated carbocycles. The molecule has 5 heteroatoms. The van der Waals surface area contributed by atoms with E-state index in [2.05, 4.69) is 15.3 Å². The van der Waals surface area contributed by atoms with Crippen LogP contribution >= 0.6 is 23.2 Å². The predicted molar refractivity (Wildman–Crippen MR) is 65.8 cm³/mol. The van der Waals surface area contributed by atoms with Crippen molar-refractivity contribution in [1.29, 1.82) is 0 Å². The Morgan fingerprint density at radius 2 is 1.81 bits per heavy atom. The van der Waals surface area contributed by atoms with Crippen molar-refractivity contribution in [2.75, 3.05) is 5.32 Å². The van der Waals surface area contributed by atoms with E-state index < -0.39 is 0 Å². The largest absolute Gasteiger partial charge is 0.363 e. The van der Waals surface area contributed by atoms with Crippen LogP contribution in [0.5, 0.6) is 0 Å². The number of hydrogen-bond acceptors (Lipinski definition) is 3. The van der Waals surface area contributed by atoms with Crippen molar-refractivity contribution in [3.8, 4) is 0 Å². The Balaban J connectivity index is 2.09. The molecule has 0 aliphatic carbocycles. The zero-order valence-electron chi connectivity index (χ0n) is 8.32. The number of halogens is 2. The standard InChI is InChI=1S/C11H9Cl2N3/c12-9-4-2-1-3-8(9)7-16-11-10(13)14-5-6-15-11/h1-6H,7H2,(H,15,16). The van der Waals surface area contributed by atoms with Gasteiger partial charge in [0, 0.05) is 24.0 Å². The third kappa shape index (κ3) is 2.62. The molecule has 16 heavy (non-hydrogen) atoms. The fourth-order valence-electron chi connectivity index (χ4n) is 1.26. The minimum atomic E-state index is 0.356. The first-order valence-electron chi connectivity index (χ1n) is 4.71. The van der Waals surface area contributed by atoms with Crippen LogP contribution in [-0.4, -0.2) is 9.97 Å². The van der Waals surface area contributed by atoms with Crippen LogP contribution in [0.4, 0.5) is 5.82 Å². The SMILES string of the molecule is Clc1ccccc1CNc1nccnc1Cl. The van der Waals surface area contributed by atoms with Crippen LogP contribution in [0.15, 0.2) is 36.7 Å². The topological polar surface area (TPSA) is 37.8 Å². The third-order valence-corrected chi connectivity index (χ3v) is 2.70. The van der Waals surface area contributed by atoms with Gasteiger partial charge in [-0.1, -0.05) is 41.4 Å². The van der Waals surface area contributed by atoms with Crippen molar-refractivity contribution < 1.29 is 0 Å². The molecule has 0 fully saturated rings. The monoisotopic (exact) mass is 253 g/mol. The molecule has 2 aromatic rings. The number of nitrogens with one attached hydrogen (secondary N) is 1. The van der Waals surface area contributed by atoms with Crippen molar-refractivity contribution in [3.63, 3.8) is 0 Å². The lowest BCUT2D eigenvalue weighted by molar-refractivity contribution is 1.09. The number of rotatable bonds is 3. The highest BCUT2D eigenvalue weighted by atomic mass is 35.5. The Morgan fingerprint density at radius 1 is 1.06 bits per heavy atom. The molecular weight excluding hydrogens is 245 g/mol. The smallest absolute Gasteiger partial charge is 0.171 e. The van der Waals surface area contributed by atoms with E-state index in [0.717, 1.165) is 10.6 Å². The Labute approximate surface area is 103 Å². The van der Waals surface area contributed by atoms with Gasteiger partial charge in [-0.05, 0) is 11.6 Å². The normalized spacial score (nSPS) is 10.1. The molecule has 0 aliphatic rings. The van der Waals surface area contributed by atoms with Crippen molar-refractivity contribution >= 4 is 29.0 Å². The van der Waals surface area contributed by atoms with Crippen molar-refractivity contribution in [3.05, 3.63) is 52.4 Å². The van der Waals surface area contributed by atoms with Crippen LogP contribution in [0.25, 0.3) is 0 Å². The first-order chi connectivity index (χ1) is 7.77. The second kappa shape index (κ2) is 5.14. The summed E-state index contributed by atoms with van der Waals surface area (Å²) < 4.78 is 0. The van der Waals surface area contributed by atoms with Gasteiger partial charge in [-0.3, -0.25) is 0 Å². The summed E-state index contributed by atoms with van der Waals surface area (Å²) in [6.45, 7) is 0.568. The van der Waals surface area contributed by atoms with Gasteiger partial charge in [0.15, 0.2) is 11.0 Å². The highest BCUT2D eigenvalue weighted by Gasteiger charge is 2.03. The Bertz CT molecular complexity index is 443. The van der Waals surface area contributed by atoms with Crippen LogP contribution in [0.1, 0.15) is 5.56 Å². The molecule has 0 unspecified atom stereocenters. The second-order valence-electron chi connectivity index (χ2n) is 3.14. The fraction of sp³-hybridized carbons (Fsp3) is 0.0909. The maximum atomic E-state index is 6.02. The molecule has 0 radical (unpaired) electrons. The first-order valence-corrected chi connectivity index (χ1v) is 5.47. The van der Waals surface area contributed by atoms with Crippen LogP contribution in [0.2, 0.25) is 10.2 Å². The molecule has 1 aromatic carbocycles. The number of hydrogen-bond donors (Lipinski definition) is 1. The summed E-state index contributed by atoms with van der Waals surface area (Å²) in [6.07, 6.45) is 3.13. The molecule has 1 N–H and O–H groups in total. The minimum Gasteiger partial charge on any atom is -0.363 e. The van der Waals surface area contributed by atoms with Gasteiger partial charge in [0.1, 0.15) is 0 Å². The summed E-state index contributed by atoms with van der Waals surface area (Å²) in [5, 5.41) is 4.15.